The van der Waals surface area contributed by atoms with Crippen molar-refractivity contribution < 1.29 is 63.2 Å². The van der Waals surface area contributed by atoms with E-state index in [0.29, 0.717) is 31.1 Å². The average Bonchev–Trinajstić information content (AvgIpc) is 3.19. The van der Waals surface area contributed by atoms with E-state index in [1.807, 2.05) is 33.8 Å². The van der Waals surface area contributed by atoms with Crippen molar-refractivity contribution in [2.45, 2.75) is 167 Å². The predicted molar refractivity (Wildman–Crippen MR) is 229 cm³/mol. The minimum atomic E-state index is -1.23. The molecule has 0 amide bonds. The Balaban J connectivity index is 1.68. The molecule has 15 heteroatoms. The van der Waals surface area contributed by atoms with Gasteiger partial charge in [0.25, 0.3) is 0 Å². The van der Waals surface area contributed by atoms with Crippen molar-refractivity contribution in [3.05, 3.63) is 23.8 Å². The maximum Gasteiger partial charge on any atom is 0.308 e. The first-order valence-corrected chi connectivity index (χ1v) is 22.6. The minimum absolute atomic E-state index is 0.0427. The van der Waals surface area contributed by atoms with Crippen LogP contribution in [0.1, 0.15) is 87.5 Å². The first-order chi connectivity index (χ1) is 28.8. The van der Waals surface area contributed by atoms with Gasteiger partial charge in [0.1, 0.15) is 30.5 Å². The SMILES string of the molecule is CC[C@H]1OC(=O)C[C@@H](O)[C@H](C)[C@@H](O[C@@H]2O[C@H](C)C(O)C(N(C)C)C2O)[C@@H](CCN2CC(C)CC(C)C2)C[C@@H](C)C(=O)/C=C/C(C)=C/[C@@H]1CO[C@@H]1OC(C)C(O)[C@H](OC)C1OC. The zero-order chi connectivity index (χ0) is 45.3. The Bertz CT molecular complexity index is 1420. The van der Waals surface area contributed by atoms with Crippen LogP contribution in [0.4, 0.5) is 0 Å². The summed E-state index contributed by atoms with van der Waals surface area (Å²) in [6, 6.07) is -0.684. The molecule has 4 aliphatic heterocycles. The van der Waals surface area contributed by atoms with E-state index in [4.69, 9.17) is 33.2 Å². The quantitative estimate of drug-likeness (QED) is 0.209. The van der Waals surface area contributed by atoms with Gasteiger partial charge in [-0.15, -0.1) is 0 Å². The average molecular weight is 869 g/mol. The van der Waals surface area contributed by atoms with Gasteiger partial charge in [-0.1, -0.05) is 52.3 Å². The van der Waals surface area contributed by atoms with Crippen molar-refractivity contribution in [2.24, 2.45) is 35.5 Å². The molecule has 4 aliphatic rings. The number of cyclic esters (lactones) is 1. The highest BCUT2D eigenvalue weighted by molar-refractivity contribution is 5.91. The fourth-order valence-corrected chi connectivity index (χ4v) is 10.0. The second-order valence-corrected chi connectivity index (χ2v) is 18.9. The summed E-state index contributed by atoms with van der Waals surface area (Å²) in [5, 5.41) is 45.3. The lowest BCUT2D eigenvalue weighted by Gasteiger charge is -2.47. The van der Waals surface area contributed by atoms with Gasteiger partial charge in [-0.25, -0.2) is 0 Å². The number of aliphatic hydroxyl groups excluding tert-OH is 4. The number of hydrogen-bond donors (Lipinski definition) is 4. The predicted octanol–water partition coefficient (Wildman–Crippen LogP) is 3.34. The number of ether oxygens (including phenoxy) is 7. The molecule has 0 radical (unpaired) electrons. The number of likely N-dealkylation sites (N-methyl/N-ethyl adjacent to an activating group) is 1. The molecule has 4 heterocycles. The Morgan fingerprint density at radius 2 is 1.44 bits per heavy atom. The van der Waals surface area contributed by atoms with E-state index in [9.17, 15) is 30.0 Å². The van der Waals surface area contributed by atoms with Crippen molar-refractivity contribution in [1.29, 1.82) is 0 Å². The van der Waals surface area contributed by atoms with E-state index >= 15 is 0 Å². The third-order valence-electron chi connectivity index (χ3n) is 13.5. The molecule has 15 nitrogen and oxygen atoms in total. The first-order valence-electron chi connectivity index (χ1n) is 22.6. The summed E-state index contributed by atoms with van der Waals surface area (Å²) in [6.07, 6.45) is -2.96. The topological polar surface area (TPSA) is 186 Å². The normalized spacial score (nSPS) is 44.3. The largest absolute Gasteiger partial charge is 0.462 e. The molecule has 0 saturated carbocycles. The highest BCUT2D eigenvalue weighted by Crippen LogP contribution is 2.36. The van der Waals surface area contributed by atoms with E-state index in [1.54, 1.807) is 45.0 Å². The van der Waals surface area contributed by atoms with Gasteiger partial charge in [0, 0.05) is 45.1 Å². The van der Waals surface area contributed by atoms with Crippen LogP contribution in [-0.2, 0) is 42.7 Å². The van der Waals surface area contributed by atoms with Gasteiger partial charge in [-0.2, -0.15) is 0 Å². The Kier molecular flexibility index (Phi) is 20.3. The third-order valence-corrected chi connectivity index (χ3v) is 13.5. The number of likely N-dealkylation sites (tertiary alicyclic amines) is 1. The zero-order valence-electron chi connectivity index (χ0n) is 38.9. The van der Waals surface area contributed by atoms with E-state index in [2.05, 4.69) is 18.7 Å². The molecule has 19 atom stereocenters. The van der Waals surface area contributed by atoms with Gasteiger partial charge in [-0.05, 0) is 90.9 Å². The molecule has 0 aromatic carbocycles. The Morgan fingerprint density at radius 3 is 2.05 bits per heavy atom. The maximum absolute atomic E-state index is 14.0. The lowest BCUT2D eigenvalue weighted by atomic mass is 9.79. The molecule has 0 spiro atoms. The summed E-state index contributed by atoms with van der Waals surface area (Å²) in [5.74, 6) is -1.46. The standard InChI is InChI=1S/C46H80N2O13/c1-13-36-33(24-57-46-44(56-12)43(55-11)40(53)31(8)59-46)19-25(2)14-15-34(49)28(5)20-32(16-17-48-22-26(3)18-27(4)23-48)42(29(6)35(50)21-37(51)60-36)61-45-41(54)38(47(9)10)39(52)30(7)58-45/h14-15,19,26-33,35-36,38-46,50,52-54H,13,16-18,20-24H2,1-12H3/b15-14+,25-19+/t26?,27?,28-,29+,30-,31?,32+,33-,35-,36-,38?,39?,40?,41?,42-,43+,44?,45+,46-/m1/s1. The monoisotopic (exact) mass is 869 g/mol. The summed E-state index contributed by atoms with van der Waals surface area (Å²) in [6.45, 7) is 18.2. The fourth-order valence-electron chi connectivity index (χ4n) is 10.0. The van der Waals surface area contributed by atoms with Gasteiger partial charge in [0.15, 0.2) is 18.4 Å². The van der Waals surface area contributed by atoms with Crippen LogP contribution in [0.5, 0.6) is 0 Å². The fraction of sp³-hybridized carbons (Fsp3) is 0.870. The van der Waals surface area contributed by atoms with Gasteiger partial charge in [0.05, 0.1) is 49.6 Å². The molecular formula is C46H80N2O13. The first kappa shape index (κ1) is 51.8. The van der Waals surface area contributed by atoms with Gasteiger partial charge in [0.2, 0.25) is 0 Å². The van der Waals surface area contributed by atoms with Crippen LogP contribution in [-0.4, -0.2) is 176 Å². The molecule has 61 heavy (non-hydrogen) atoms. The van der Waals surface area contributed by atoms with E-state index in [1.165, 1.54) is 20.6 Å². The molecule has 352 valence electrons. The van der Waals surface area contributed by atoms with Crippen LogP contribution in [0, 0.1) is 35.5 Å². The molecule has 0 aliphatic carbocycles. The highest BCUT2D eigenvalue weighted by Gasteiger charge is 2.48. The number of carbonyl (C=O) groups is 2. The molecule has 4 rings (SSSR count). The van der Waals surface area contributed by atoms with Crippen LogP contribution in [0.15, 0.2) is 23.8 Å². The summed E-state index contributed by atoms with van der Waals surface area (Å²) in [7, 11) is 6.54. The smallest absolute Gasteiger partial charge is 0.308 e. The number of methoxy groups -OCH3 is 2. The number of ketones is 1. The van der Waals surface area contributed by atoms with E-state index in [0.717, 1.165) is 25.2 Å². The molecule has 0 aromatic rings. The summed E-state index contributed by atoms with van der Waals surface area (Å²) in [5.41, 5.74) is 0.761. The Labute approximate surface area is 365 Å². The minimum Gasteiger partial charge on any atom is -0.462 e. The van der Waals surface area contributed by atoms with Crippen molar-refractivity contribution in [2.75, 3.05) is 54.6 Å². The second kappa shape index (κ2) is 23.9. The van der Waals surface area contributed by atoms with Crippen molar-refractivity contribution >= 4 is 11.8 Å². The Morgan fingerprint density at radius 1 is 0.820 bits per heavy atom. The Hall–Kier alpha value is -1.86. The number of rotatable bonds is 12. The van der Waals surface area contributed by atoms with Crippen LogP contribution >= 0.6 is 0 Å². The maximum atomic E-state index is 14.0. The lowest BCUT2D eigenvalue weighted by Crippen LogP contribution is -2.63. The summed E-state index contributed by atoms with van der Waals surface area (Å²) < 4.78 is 42.6. The van der Waals surface area contributed by atoms with Crippen LogP contribution in [0.2, 0.25) is 0 Å². The number of hydrogen-bond acceptors (Lipinski definition) is 15. The summed E-state index contributed by atoms with van der Waals surface area (Å²) in [4.78, 5) is 32.1. The molecule has 3 fully saturated rings. The zero-order valence-corrected chi connectivity index (χ0v) is 38.9. The van der Waals surface area contributed by atoms with Crippen LogP contribution < -0.4 is 0 Å². The molecule has 8 unspecified atom stereocenters. The molecule has 4 N–H and O–H groups in total. The van der Waals surface area contributed by atoms with Gasteiger partial charge < -0.3 is 63.4 Å². The van der Waals surface area contributed by atoms with Crippen LogP contribution in [0.25, 0.3) is 0 Å². The summed E-state index contributed by atoms with van der Waals surface area (Å²) >= 11 is 0. The molecular weight excluding hydrogens is 789 g/mol. The number of allylic oxidation sites excluding steroid dienone is 3. The lowest BCUT2D eigenvalue weighted by molar-refractivity contribution is -0.304. The number of piperidine rings is 1. The third kappa shape index (κ3) is 13.8. The molecule has 0 bridgehead atoms. The number of aliphatic hydroxyl groups is 4. The second-order valence-electron chi connectivity index (χ2n) is 18.9. The highest BCUT2D eigenvalue weighted by atomic mass is 16.7. The van der Waals surface area contributed by atoms with E-state index in [-0.39, 0.29) is 24.7 Å². The van der Waals surface area contributed by atoms with Gasteiger partial charge in [-0.3, -0.25) is 9.59 Å². The number of esters is 1. The van der Waals surface area contributed by atoms with E-state index < -0.39 is 103 Å². The van der Waals surface area contributed by atoms with Crippen molar-refractivity contribution in [1.82, 2.24) is 9.80 Å². The number of nitrogens with zero attached hydrogens (tertiary/aromatic N) is 2. The number of carbonyl (C=O) groups excluding carboxylic acids is 2. The molecule has 0 aromatic heterocycles. The van der Waals surface area contributed by atoms with Crippen molar-refractivity contribution in [3.63, 3.8) is 0 Å². The van der Waals surface area contributed by atoms with Gasteiger partial charge >= 0.3 is 5.97 Å². The molecule has 3 saturated heterocycles. The van der Waals surface area contributed by atoms with Crippen molar-refractivity contribution in [3.8, 4) is 0 Å². The van der Waals surface area contributed by atoms with Crippen LogP contribution in [0.3, 0.4) is 0 Å².